The standard InChI is InChI=1S/C9H7BrF3NO2/c1-16-6(15)3-4-2-5(10)7(8(11)12)14-9(4)13/h2,8H,3H2,1H3. The normalized spacial score (nSPS) is 10.6. The van der Waals surface area contributed by atoms with Gasteiger partial charge in [-0.25, -0.2) is 13.8 Å². The van der Waals surface area contributed by atoms with E-state index >= 15 is 0 Å². The largest absolute Gasteiger partial charge is 0.469 e. The van der Waals surface area contributed by atoms with Crippen LogP contribution in [-0.2, 0) is 16.0 Å². The van der Waals surface area contributed by atoms with Gasteiger partial charge >= 0.3 is 5.97 Å². The van der Waals surface area contributed by atoms with E-state index in [9.17, 15) is 18.0 Å². The highest BCUT2D eigenvalue weighted by atomic mass is 79.9. The predicted molar refractivity (Wildman–Crippen MR) is 52.6 cm³/mol. The molecule has 0 aromatic carbocycles. The summed E-state index contributed by atoms with van der Waals surface area (Å²) in [5.74, 6) is -1.76. The lowest BCUT2D eigenvalue weighted by Gasteiger charge is -2.06. The van der Waals surface area contributed by atoms with Gasteiger partial charge in [-0.2, -0.15) is 4.39 Å². The summed E-state index contributed by atoms with van der Waals surface area (Å²) in [6.07, 6.45) is -3.23. The van der Waals surface area contributed by atoms with Crippen molar-refractivity contribution in [3.05, 3.63) is 27.7 Å². The Morgan fingerprint density at radius 2 is 2.25 bits per heavy atom. The van der Waals surface area contributed by atoms with Crippen molar-refractivity contribution < 1.29 is 22.7 Å². The van der Waals surface area contributed by atoms with Crippen LogP contribution in [0.25, 0.3) is 0 Å². The van der Waals surface area contributed by atoms with Crippen LogP contribution < -0.4 is 0 Å². The minimum Gasteiger partial charge on any atom is -0.469 e. The molecule has 7 heteroatoms. The van der Waals surface area contributed by atoms with Crippen molar-refractivity contribution in [2.24, 2.45) is 0 Å². The van der Waals surface area contributed by atoms with Gasteiger partial charge in [0.2, 0.25) is 5.95 Å². The lowest BCUT2D eigenvalue weighted by Crippen LogP contribution is -2.08. The van der Waals surface area contributed by atoms with E-state index in [4.69, 9.17) is 0 Å². The molecule has 0 bridgehead atoms. The average Bonchev–Trinajstić information content (AvgIpc) is 2.22. The SMILES string of the molecule is COC(=O)Cc1cc(Br)c(C(F)F)nc1F. The molecule has 1 aromatic heterocycles. The average molecular weight is 298 g/mol. The molecule has 1 aromatic rings. The number of carbonyl (C=O) groups is 1. The van der Waals surface area contributed by atoms with E-state index in [0.29, 0.717) is 0 Å². The van der Waals surface area contributed by atoms with Gasteiger partial charge in [-0.05, 0) is 22.0 Å². The highest BCUT2D eigenvalue weighted by molar-refractivity contribution is 9.10. The first kappa shape index (κ1) is 13.0. The molecule has 16 heavy (non-hydrogen) atoms. The number of hydrogen-bond donors (Lipinski definition) is 0. The number of carbonyl (C=O) groups excluding carboxylic acids is 1. The first-order valence-electron chi connectivity index (χ1n) is 4.15. The highest BCUT2D eigenvalue weighted by Crippen LogP contribution is 2.27. The van der Waals surface area contributed by atoms with E-state index < -0.39 is 24.0 Å². The van der Waals surface area contributed by atoms with Crippen LogP contribution in [0.1, 0.15) is 17.7 Å². The van der Waals surface area contributed by atoms with Crippen molar-refractivity contribution in [1.82, 2.24) is 4.98 Å². The minimum absolute atomic E-state index is 0.0391. The summed E-state index contributed by atoms with van der Waals surface area (Å²) >= 11 is 2.83. The number of methoxy groups -OCH3 is 1. The lowest BCUT2D eigenvalue weighted by atomic mass is 10.2. The van der Waals surface area contributed by atoms with Gasteiger partial charge < -0.3 is 4.74 Å². The second-order valence-electron chi connectivity index (χ2n) is 2.86. The van der Waals surface area contributed by atoms with Crippen LogP contribution in [0.2, 0.25) is 0 Å². The lowest BCUT2D eigenvalue weighted by molar-refractivity contribution is -0.139. The monoisotopic (exact) mass is 297 g/mol. The number of hydrogen-bond acceptors (Lipinski definition) is 3. The molecular formula is C9H7BrF3NO2. The molecule has 88 valence electrons. The second-order valence-corrected chi connectivity index (χ2v) is 3.71. The highest BCUT2D eigenvalue weighted by Gasteiger charge is 2.18. The van der Waals surface area contributed by atoms with Crippen LogP contribution in [0.3, 0.4) is 0 Å². The Balaban J connectivity index is 3.05. The van der Waals surface area contributed by atoms with E-state index in [0.717, 1.165) is 13.2 Å². The molecule has 0 amide bonds. The second kappa shape index (κ2) is 5.29. The van der Waals surface area contributed by atoms with Crippen LogP contribution in [0.4, 0.5) is 13.2 Å². The summed E-state index contributed by atoms with van der Waals surface area (Å²) in [4.78, 5) is 14.0. The zero-order valence-electron chi connectivity index (χ0n) is 8.14. The van der Waals surface area contributed by atoms with Gasteiger partial charge in [-0.1, -0.05) is 0 Å². The summed E-state index contributed by atoms with van der Waals surface area (Å²) in [5, 5.41) is 0. The molecule has 0 fully saturated rings. The number of alkyl halides is 2. The maximum Gasteiger partial charge on any atom is 0.310 e. The molecule has 1 rings (SSSR count). The van der Waals surface area contributed by atoms with E-state index in [1.54, 1.807) is 0 Å². The molecule has 0 radical (unpaired) electrons. The molecule has 0 unspecified atom stereocenters. The van der Waals surface area contributed by atoms with Crippen LogP contribution in [-0.4, -0.2) is 18.1 Å². The fourth-order valence-corrected chi connectivity index (χ4v) is 1.56. The molecule has 0 N–H and O–H groups in total. The Morgan fingerprint density at radius 1 is 1.62 bits per heavy atom. The van der Waals surface area contributed by atoms with Crippen LogP contribution in [0.5, 0.6) is 0 Å². The molecule has 0 aliphatic rings. The summed E-state index contributed by atoms with van der Waals surface area (Å²) in [5.41, 5.74) is -0.783. The zero-order valence-corrected chi connectivity index (χ0v) is 9.72. The maximum atomic E-state index is 13.2. The number of nitrogens with zero attached hydrogens (tertiary/aromatic N) is 1. The van der Waals surface area contributed by atoms with Crippen molar-refractivity contribution in [2.75, 3.05) is 7.11 Å². The van der Waals surface area contributed by atoms with E-state index in [2.05, 4.69) is 25.7 Å². The van der Waals surface area contributed by atoms with Crippen LogP contribution in [0, 0.1) is 5.95 Å². The fraction of sp³-hybridized carbons (Fsp3) is 0.333. The zero-order chi connectivity index (χ0) is 12.3. The summed E-state index contributed by atoms with van der Waals surface area (Å²) in [6, 6.07) is 1.10. The minimum atomic E-state index is -2.88. The van der Waals surface area contributed by atoms with E-state index in [1.165, 1.54) is 0 Å². The van der Waals surface area contributed by atoms with Crippen molar-refractivity contribution in [2.45, 2.75) is 12.8 Å². The first-order valence-corrected chi connectivity index (χ1v) is 4.94. The first-order chi connectivity index (χ1) is 7.45. The summed E-state index contributed by atoms with van der Waals surface area (Å²) < 4.78 is 42.1. The molecule has 0 aliphatic carbocycles. The van der Waals surface area contributed by atoms with Crippen molar-refractivity contribution >= 4 is 21.9 Å². The molecule has 0 atom stereocenters. The molecule has 1 heterocycles. The molecular weight excluding hydrogens is 291 g/mol. The molecule has 3 nitrogen and oxygen atoms in total. The van der Waals surface area contributed by atoms with Crippen LogP contribution in [0.15, 0.2) is 10.5 Å². The van der Waals surface area contributed by atoms with Gasteiger partial charge in [0.05, 0.1) is 13.5 Å². The quantitative estimate of drug-likeness (QED) is 0.636. The Hall–Kier alpha value is -1.11. The predicted octanol–water partition coefficient (Wildman–Crippen LogP) is 2.64. The smallest absolute Gasteiger partial charge is 0.310 e. The van der Waals surface area contributed by atoms with Gasteiger partial charge in [-0.15, -0.1) is 0 Å². The van der Waals surface area contributed by atoms with E-state index in [-0.39, 0.29) is 16.5 Å². The van der Waals surface area contributed by atoms with Gasteiger partial charge in [0, 0.05) is 10.0 Å². The van der Waals surface area contributed by atoms with Gasteiger partial charge in [0.1, 0.15) is 5.69 Å². The molecule has 0 saturated carbocycles. The molecule has 0 saturated heterocycles. The third kappa shape index (κ3) is 2.94. The maximum absolute atomic E-state index is 13.2. The fourth-order valence-electron chi connectivity index (χ4n) is 1.02. The Labute approximate surface area is 97.8 Å². The topological polar surface area (TPSA) is 39.2 Å². The number of ether oxygens (including phenoxy) is 1. The summed E-state index contributed by atoms with van der Waals surface area (Å²) in [7, 11) is 1.15. The third-order valence-electron chi connectivity index (χ3n) is 1.80. The Morgan fingerprint density at radius 3 is 2.75 bits per heavy atom. The van der Waals surface area contributed by atoms with Gasteiger partial charge in [-0.3, -0.25) is 4.79 Å². The number of pyridine rings is 1. The molecule has 0 spiro atoms. The molecule has 0 aliphatic heterocycles. The Kier molecular flexibility index (Phi) is 4.28. The Bertz CT molecular complexity index is 412. The number of aromatic nitrogens is 1. The van der Waals surface area contributed by atoms with Crippen molar-refractivity contribution in [3.63, 3.8) is 0 Å². The van der Waals surface area contributed by atoms with E-state index in [1.807, 2.05) is 0 Å². The van der Waals surface area contributed by atoms with Gasteiger partial charge in [0.25, 0.3) is 6.43 Å². The number of rotatable bonds is 3. The third-order valence-corrected chi connectivity index (χ3v) is 2.43. The van der Waals surface area contributed by atoms with Crippen molar-refractivity contribution in [3.8, 4) is 0 Å². The van der Waals surface area contributed by atoms with Gasteiger partial charge in [0.15, 0.2) is 0 Å². The summed E-state index contributed by atoms with van der Waals surface area (Å²) in [6.45, 7) is 0. The van der Waals surface area contributed by atoms with Crippen molar-refractivity contribution in [1.29, 1.82) is 0 Å². The van der Waals surface area contributed by atoms with Crippen LogP contribution >= 0.6 is 15.9 Å². The number of esters is 1. The number of halogens is 4.